The third-order valence-corrected chi connectivity index (χ3v) is 5.93. The summed E-state index contributed by atoms with van der Waals surface area (Å²) in [5, 5.41) is 27.8. The van der Waals surface area contributed by atoms with Gasteiger partial charge >= 0.3 is 17.9 Å². The molecule has 2 aromatic carbocycles. The first-order valence-corrected chi connectivity index (χ1v) is 12.9. The average molecular weight is 553 g/mol. The van der Waals surface area contributed by atoms with E-state index in [1.165, 1.54) is 25.3 Å². The summed E-state index contributed by atoms with van der Waals surface area (Å²) in [4.78, 5) is 37.3. The molecule has 9 nitrogen and oxygen atoms in total. The zero-order valence-corrected chi connectivity index (χ0v) is 22.7. The van der Waals surface area contributed by atoms with Crippen molar-refractivity contribution >= 4 is 17.9 Å². The zero-order chi connectivity index (χ0) is 29.7. The van der Waals surface area contributed by atoms with Crippen molar-refractivity contribution in [3.8, 4) is 28.4 Å². The number of aryl methyl sites for hydroxylation is 1. The minimum atomic E-state index is -1.02. The van der Waals surface area contributed by atoms with Crippen LogP contribution in [0, 0.1) is 0 Å². The number of carbonyl (C=O) groups excluding carboxylic acids is 3. The lowest BCUT2D eigenvalue weighted by molar-refractivity contribution is -0.133. The molecule has 214 valence electrons. The number of aliphatic hydroxyl groups is 3. The van der Waals surface area contributed by atoms with Crippen LogP contribution in [-0.4, -0.2) is 53.0 Å². The van der Waals surface area contributed by atoms with Gasteiger partial charge in [-0.25, -0.2) is 14.4 Å². The molecule has 3 N–H and O–H groups in total. The van der Waals surface area contributed by atoms with E-state index in [0.717, 1.165) is 30.9 Å². The molecule has 0 amide bonds. The molecule has 9 heteroatoms. The van der Waals surface area contributed by atoms with Crippen molar-refractivity contribution in [3.05, 3.63) is 78.4 Å². The van der Waals surface area contributed by atoms with Gasteiger partial charge in [-0.2, -0.15) is 0 Å². The van der Waals surface area contributed by atoms with Crippen LogP contribution in [0.2, 0.25) is 0 Å². The average Bonchev–Trinajstić information content (AvgIpc) is 2.96. The van der Waals surface area contributed by atoms with Crippen LogP contribution in [0.1, 0.15) is 44.6 Å². The first kappa shape index (κ1) is 32.2. The molecule has 2 rings (SSSR count). The van der Waals surface area contributed by atoms with Crippen LogP contribution in [0.4, 0.5) is 0 Å². The van der Waals surface area contributed by atoms with Gasteiger partial charge in [0.25, 0.3) is 0 Å². The van der Waals surface area contributed by atoms with E-state index in [9.17, 15) is 29.7 Å². The third-order valence-electron chi connectivity index (χ3n) is 5.93. The maximum Gasteiger partial charge on any atom is 0.341 e. The van der Waals surface area contributed by atoms with Gasteiger partial charge < -0.3 is 29.5 Å². The molecule has 0 fully saturated rings. The topological polar surface area (TPSA) is 140 Å². The Balaban J connectivity index is 2.55. The van der Waals surface area contributed by atoms with Gasteiger partial charge in [-0.3, -0.25) is 0 Å². The molecule has 0 unspecified atom stereocenters. The van der Waals surface area contributed by atoms with Crippen molar-refractivity contribution in [2.75, 3.05) is 19.8 Å². The molecule has 0 spiro atoms. The van der Waals surface area contributed by atoms with Crippen LogP contribution >= 0.6 is 0 Å². The van der Waals surface area contributed by atoms with Gasteiger partial charge in [-0.1, -0.05) is 76.6 Å². The highest BCUT2D eigenvalue weighted by Gasteiger charge is 2.23. The van der Waals surface area contributed by atoms with E-state index < -0.39 is 37.7 Å². The van der Waals surface area contributed by atoms with Crippen LogP contribution < -0.4 is 14.2 Å². The van der Waals surface area contributed by atoms with E-state index in [1.807, 2.05) is 24.3 Å². The van der Waals surface area contributed by atoms with E-state index >= 15 is 0 Å². The second-order valence-corrected chi connectivity index (χ2v) is 9.11. The molecule has 0 atom stereocenters. The molecule has 2 aromatic rings. The lowest BCUT2D eigenvalue weighted by atomic mass is 9.99. The quantitative estimate of drug-likeness (QED) is 0.121. The summed E-state index contributed by atoms with van der Waals surface area (Å²) in [5.41, 5.74) is 1.25. The predicted molar refractivity (Wildman–Crippen MR) is 150 cm³/mol. The summed E-state index contributed by atoms with van der Waals surface area (Å²) in [7, 11) is 0. The highest BCUT2D eigenvalue weighted by Crippen LogP contribution is 2.41. The summed E-state index contributed by atoms with van der Waals surface area (Å²) in [6.45, 7) is 10.5. The summed E-state index contributed by atoms with van der Waals surface area (Å²) in [5.74, 6) is -3.58. The molecule has 0 aromatic heterocycles. The Kier molecular flexibility index (Phi) is 13.0. The van der Waals surface area contributed by atoms with Gasteiger partial charge in [0.2, 0.25) is 0 Å². The molecule has 40 heavy (non-hydrogen) atoms. The molecule has 0 saturated heterocycles. The molecule has 0 radical (unpaired) electrons. The number of hydrogen-bond donors (Lipinski definition) is 3. The summed E-state index contributed by atoms with van der Waals surface area (Å²) in [6, 6.07) is 9.99. The van der Waals surface area contributed by atoms with Gasteiger partial charge in [0, 0.05) is 11.6 Å². The number of benzene rings is 2. The van der Waals surface area contributed by atoms with Gasteiger partial charge in [-0.15, -0.1) is 0 Å². The number of aliphatic hydroxyl groups excluding tert-OH is 3. The maximum absolute atomic E-state index is 12.5. The molecule has 0 bridgehead atoms. The van der Waals surface area contributed by atoms with E-state index in [1.54, 1.807) is 0 Å². The molecule has 0 aliphatic rings. The van der Waals surface area contributed by atoms with Crippen LogP contribution in [-0.2, 0) is 20.8 Å². The molecule has 0 aliphatic carbocycles. The fourth-order valence-electron chi connectivity index (χ4n) is 3.50. The van der Waals surface area contributed by atoms with Crippen LogP contribution in [0.5, 0.6) is 17.2 Å². The second kappa shape index (κ2) is 16.1. The predicted octanol–water partition coefficient (Wildman–Crippen LogP) is 4.23. The van der Waals surface area contributed by atoms with E-state index in [4.69, 9.17) is 14.2 Å². The lowest BCUT2D eigenvalue weighted by Gasteiger charge is -2.17. The monoisotopic (exact) mass is 552 g/mol. The van der Waals surface area contributed by atoms with Gasteiger partial charge in [0.05, 0.1) is 36.5 Å². The van der Waals surface area contributed by atoms with Crippen LogP contribution in [0.3, 0.4) is 0 Å². The molecule has 0 heterocycles. The molecule has 0 saturated carbocycles. The van der Waals surface area contributed by atoms with Crippen molar-refractivity contribution < 1.29 is 43.9 Å². The van der Waals surface area contributed by atoms with Crippen LogP contribution in [0.25, 0.3) is 11.1 Å². The normalized spacial score (nSPS) is 10.5. The molecule has 0 aliphatic heterocycles. The fourth-order valence-corrected chi connectivity index (χ4v) is 3.50. The van der Waals surface area contributed by atoms with Crippen LogP contribution in [0.15, 0.2) is 72.9 Å². The molecular formula is C31H36O9. The number of ether oxygens (including phenoxy) is 3. The van der Waals surface area contributed by atoms with Crippen molar-refractivity contribution in [1.29, 1.82) is 0 Å². The first-order valence-electron chi connectivity index (χ1n) is 12.9. The maximum atomic E-state index is 12.5. The Bertz CT molecular complexity index is 1240. The Labute approximate surface area is 234 Å². The zero-order valence-electron chi connectivity index (χ0n) is 22.7. The summed E-state index contributed by atoms with van der Waals surface area (Å²) >= 11 is 0. The summed E-state index contributed by atoms with van der Waals surface area (Å²) < 4.78 is 16.1. The standard InChI is InChI=1S/C31H36O9/c1-5-6-7-8-9-10-23-11-13-24(14-12-23)25-15-27(39-30(36)21(3)18-33)28(40-31(37)22(4)19-34)16-26(25)38-29(35)20(2)17-32/h11-16,32-34H,2-10,17-19H2,1H3. The largest absolute Gasteiger partial charge is 0.422 e. The van der Waals surface area contributed by atoms with Gasteiger partial charge in [0.15, 0.2) is 11.5 Å². The number of hydrogen-bond acceptors (Lipinski definition) is 9. The fraction of sp³-hybridized carbons (Fsp3) is 0.323. The lowest BCUT2D eigenvalue weighted by Crippen LogP contribution is -2.17. The second-order valence-electron chi connectivity index (χ2n) is 9.11. The first-order chi connectivity index (χ1) is 19.1. The van der Waals surface area contributed by atoms with Gasteiger partial charge in [-0.05, 0) is 30.0 Å². The van der Waals surface area contributed by atoms with Crippen molar-refractivity contribution in [1.82, 2.24) is 0 Å². The minimum Gasteiger partial charge on any atom is -0.422 e. The number of esters is 3. The van der Waals surface area contributed by atoms with E-state index in [0.29, 0.717) is 11.1 Å². The Morgan fingerprint density at radius 3 is 1.57 bits per heavy atom. The Morgan fingerprint density at radius 2 is 1.10 bits per heavy atom. The van der Waals surface area contributed by atoms with Crippen molar-refractivity contribution in [3.63, 3.8) is 0 Å². The summed E-state index contributed by atoms with van der Waals surface area (Å²) in [6.07, 6.45) is 6.67. The third kappa shape index (κ3) is 9.30. The Hall–Kier alpha value is -4.05. The van der Waals surface area contributed by atoms with E-state index in [2.05, 4.69) is 26.7 Å². The smallest absolute Gasteiger partial charge is 0.341 e. The SMILES string of the molecule is C=C(CO)C(=O)Oc1cc(OC(=O)C(=C)CO)c(-c2ccc(CCCCCCC)cc2)cc1OC(=O)C(=C)CO. The number of carbonyl (C=O) groups is 3. The highest BCUT2D eigenvalue weighted by atomic mass is 16.6. The van der Waals surface area contributed by atoms with Crippen molar-refractivity contribution in [2.45, 2.75) is 45.4 Å². The van der Waals surface area contributed by atoms with Crippen molar-refractivity contribution in [2.24, 2.45) is 0 Å². The Morgan fingerprint density at radius 1 is 0.650 bits per heavy atom. The number of rotatable bonds is 16. The minimum absolute atomic E-state index is 0.0786. The highest BCUT2D eigenvalue weighted by molar-refractivity contribution is 5.94. The molecular weight excluding hydrogens is 516 g/mol. The van der Waals surface area contributed by atoms with Gasteiger partial charge in [0.1, 0.15) is 5.75 Å². The number of unbranched alkanes of at least 4 members (excludes halogenated alkanes) is 4. The van der Waals surface area contributed by atoms with E-state index in [-0.39, 0.29) is 34.0 Å².